The van der Waals surface area contributed by atoms with E-state index < -0.39 is 0 Å². The van der Waals surface area contributed by atoms with Gasteiger partial charge in [-0.05, 0) is 16.7 Å². The molecule has 0 aliphatic rings. The van der Waals surface area contributed by atoms with Crippen LogP contribution in [0.4, 0.5) is 0 Å². The third kappa shape index (κ3) is 2.54. The number of halogens is 2. The maximum atomic E-state index is 5.79. The molecule has 0 aliphatic carbocycles. The molecule has 0 radical (unpaired) electrons. The van der Waals surface area contributed by atoms with E-state index >= 15 is 0 Å². The van der Waals surface area contributed by atoms with Crippen molar-refractivity contribution in [3.63, 3.8) is 0 Å². The maximum absolute atomic E-state index is 5.79. The van der Waals surface area contributed by atoms with Crippen molar-refractivity contribution in [2.75, 3.05) is 0 Å². The summed E-state index contributed by atoms with van der Waals surface area (Å²) in [4.78, 5) is 7.98. The van der Waals surface area contributed by atoms with Crippen LogP contribution in [0.25, 0.3) is 0 Å². The molecule has 0 aliphatic heterocycles. The number of rotatable bonds is 2. The zero-order chi connectivity index (χ0) is 8.27. The van der Waals surface area contributed by atoms with Gasteiger partial charge in [-0.25, -0.2) is 9.97 Å². The van der Waals surface area contributed by atoms with Crippen molar-refractivity contribution in [1.29, 1.82) is 0 Å². The smallest absolute Gasteiger partial charge is 0.235 e. The van der Waals surface area contributed by atoms with E-state index in [0.717, 1.165) is 16.6 Å². The second-order valence-electron chi connectivity index (χ2n) is 1.96. The predicted octanol–water partition coefficient (Wildman–Crippen LogP) is 1.79. The Morgan fingerprint density at radius 3 is 2.91 bits per heavy atom. The van der Waals surface area contributed by atoms with Crippen molar-refractivity contribution < 1.29 is 0 Å². The van der Waals surface area contributed by atoms with Crippen LogP contribution in [0, 0.1) is 0 Å². The Hall–Kier alpha value is 0.0749. The highest BCUT2D eigenvalue weighted by Gasteiger charge is 2.08. The highest BCUT2D eigenvalue weighted by molar-refractivity contribution is 8.21. The van der Waals surface area contributed by atoms with Gasteiger partial charge in [-0.3, -0.25) is 0 Å². The van der Waals surface area contributed by atoms with Crippen molar-refractivity contribution in [1.82, 2.24) is 9.97 Å². The van der Waals surface area contributed by atoms with Gasteiger partial charge in [0.2, 0.25) is 5.16 Å². The monoisotopic (exact) mass is 206 g/mol. The summed E-state index contributed by atoms with van der Waals surface area (Å²) in [6.45, 7) is 1.85. The van der Waals surface area contributed by atoms with E-state index in [-0.39, 0.29) is 6.13 Å². The van der Waals surface area contributed by atoms with E-state index in [1.165, 1.54) is 0 Å². The number of hydrogen-bond donors (Lipinski definition) is 0. The van der Waals surface area contributed by atoms with Gasteiger partial charge in [-0.2, -0.15) is 11.5 Å². The van der Waals surface area contributed by atoms with Crippen molar-refractivity contribution in [3.8, 4) is 0 Å². The lowest BCUT2D eigenvalue weighted by Crippen LogP contribution is -2.24. The highest BCUT2D eigenvalue weighted by atomic mass is 35.7. The Bertz CT molecular complexity index is 246. The summed E-state index contributed by atoms with van der Waals surface area (Å²) in [5, 5.41) is 0.539. The first kappa shape index (κ1) is 9.17. The van der Waals surface area contributed by atoms with Gasteiger partial charge in [0.15, 0.2) is 0 Å². The van der Waals surface area contributed by atoms with Gasteiger partial charge in [-0.15, -0.1) is 0 Å². The first-order valence-corrected chi connectivity index (χ1v) is 5.07. The van der Waals surface area contributed by atoms with Crippen molar-refractivity contribution in [3.05, 3.63) is 12.3 Å². The predicted molar refractivity (Wildman–Crippen MR) is 50.8 cm³/mol. The Kier molecular flexibility index (Phi) is 3.49. The summed E-state index contributed by atoms with van der Waals surface area (Å²) in [5.41, 5.74) is 0.796. The Labute approximate surface area is 79.2 Å². The van der Waals surface area contributed by atoms with Crippen LogP contribution in [-0.2, 0) is 0 Å². The third-order valence-corrected chi connectivity index (χ3v) is 2.10. The highest BCUT2D eigenvalue weighted by Crippen LogP contribution is 2.14. The van der Waals surface area contributed by atoms with Gasteiger partial charge in [-0.1, -0.05) is 6.82 Å². The molecule has 0 bridgehead atoms. The lowest BCUT2D eigenvalue weighted by molar-refractivity contribution is 0.993. The van der Waals surface area contributed by atoms with Crippen LogP contribution in [0.5, 0.6) is 0 Å². The van der Waals surface area contributed by atoms with Crippen molar-refractivity contribution >= 4 is 44.8 Å². The Morgan fingerprint density at radius 2 is 2.36 bits per heavy atom. The van der Waals surface area contributed by atoms with Gasteiger partial charge in [0.05, 0.1) is 0 Å². The summed E-state index contributed by atoms with van der Waals surface area (Å²) < 4.78 is 0. The molecule has 0 saturated carbocycles. The van der Waals surface area contributed by atoms with E-state index in [4.69, 9.17) is 22.1 Å². The maximum Gasteiger partial charge on any atom is 0.301 e. The van der Waals surface area contributed by atoms with E-state index in [2.05, 4.69) is 9.97 Å². The normalized spacial score (nSPS) is 9.73. The zero-order valence-corrected chi connectivity index (χ0v) is 8.12. The SMILES string of the molecule is CB(Cl)c1ccnc(SCl)n1. The molecule has 0 amide bonds. The zero-order valence-electron chi connectivity index (χ0n) is 5.79. The summed E-state index contributed by atoms with van der Waals surface area (Å²) in [7, 11) is 6.44. The molecule has 2 nitrogen and oxygen atoms in total. The molecule has 0 N–H and O–H groups in total. The first-order valence-electron chi connectivity index (χ1n) is 2.99. The second kappa shape index (κ2) is 4.19. The largest absolute Gasteiger partial charge is 0.301 e. The molecule has 11 heavy (non-hydrogen) atoms. The number of aromatic nitrogens is 2. The van der Waals surface area contributed by atoms with Crippen molar-refractivity contribution in [2.45, 2.75) is 12.0 Å². The van der Waals surface area contributed by atoms with Crippen LogP contribution < -0.4 is 5.59 Å². The minimum Gasteiger partial charge on any atom is -0.235 e. The van der Waals surface area contributed by atoms with Crippen LogP contribution >= 0.6 is 33.1 Å². The van der Waals surface area contributed by atoms with Crippen LogP contribution in [-0.4, -0.2) is 16.1 Å². The summed E-state index contributed by atoms with van der Waals surface area (Å²) in [5.74, 6) is 0. The van der Waals surface area contributed by atoms with Gasteiger partial charge < -0.3 is 0 Å². The summed E-state index contributed by atoms with van der Waals surface area (Å²) >= 11 is 5.79. The lowest BCUT2D eigenvalue weighted by Gasteiger charge is -1.98. The number of nitrogens with zero attached hydrogens (tertiary/aromatic N) is 2. The average Bonchev–Trinajstić information content (AvgIpc) is 2.05. The molecule has 1 rings (SSSR count). The average molecular weight is 207 g/mol. The molecule has 0 spiro atoms. The van der Waals surface area contributed by atoms with Crippen LogP contribution in [0.2, 0.25) is 6.82 Å². The van der Waals surface area contributed by atoms with E-state index in [9.17, 15) is 0 Å². The van der Waals surface area contributed by atoms with Gasteiger partial charge >= 0.3 is 6.13 Å². The lowest BCUT2D eigenvalue weighted by atomic mass is 9.76. The molecule has 0 saturated heterocycles. The topological polar surface area (TPSA) is 25.8 Å². The fourth-order valence-corrected chi connectivity index (χ4v) is 1.20. The molecule has 1 aromatic rings. The molecule has 6 heteroatoms. The van der Waals surface area contributed by atoms with Crippen LogP contribution in [0.15, 0.2) is 17.4 Å². The van der Waals surface area contributed by atoms with Crippen LogP contribution in [0.1, 0.15) is 0 Å². The summed E-state index contributed by atoms with van der Waals surface area (Å²) in [6.07, 6.45) is 1.55. The Balaban J connectivity index is 2.91. The standard InChI is InChI=1S/C5H5BCl2N2S/c1-6(7)4-2-3-9-5(10-4)11-8/h2-3H,1H3. The third-order valence-electron chi connectivity index (χ3n) is 1.13. The molecule has 0 unspecified atom stereocenters. The minimum atomic E-state index is -0.0967. The molecule has 0 atom stereocenters. The van der Waals surface area contributed by atoms with E-state index in [0.29, 0.717) is 5.16 Å². The van der Waals surface area contributed by atoms with Gasteiger partial charge in [0.1, 0.15) is 0 Å². The fraction of sp³-hybridized carbons (Fsp3) is 0.200. The van der Waals surface area contributed by atoms with Crippen molar-refractivity contribution in [2.24, 2.45) is 0 Å². The molecular formula is C5H5BCl2N2S. The minimum absolute atomic E-state index is 0.0967. The number of hydrogen-bond acceptors (Lipinski definition) is 3. The molecule has 1 aromatic heterocycles. The first-order chi connectivity index (χ1) is 5.24. The van der Waals surface area contributed by atoms with Gasteiger partial charge in [0, 0.05) is 22.8 Å². The quantitative estimate of drug-likeness (QED) is 0.545. The van der Waals surface area contributed by atoms with Crippen LogP contribution in [0.3, 0.4) is 0 Å². The van der Waals surface area contributed by atoms with Gasteiger partial charge in [0.25, 0.3) is 0 Å². The molecular weight excluding hydrogens is 202 g/mol. The molecule has 1 heterocycles. The van der Waals surface area contributed by atoms with E-state index in [1.54, 1.807) is 12.3 Å². The molecule has 0 fully saturated rings. The second-order valence-corrected chi connectivity index (χ2v) is 3.59. The van der Waals surface area contributed by atoms with E-state index in [1.807, 2.05) is 6.82 Å². The summed E-state index contributed by atoms with van der Waals surface area (Å²) in [6, 6.07) is 1.77. The molecule has 58 valence electrons. The Morgan fingerprint density at radius 1 is 1.64 bits per heavy atom. The molecule has 0 aromatic carbocycles. The fourth-order valence-electron chi connectivity index (χ4n) is 0.613.